The molecule has 0 radical (unpaired) electrons. The van der Waals surface area contributed by atoms with Crippen molar-refractivity contribution in [1.29, 1.82) is 0 Å². The third-order valence-corrected chi connectivity index (χ3v) is 5.57. The smallest absolute Gasteiger partial charge is 0.306 e. The van der Waals surface area contributed by atoms with Crippen LogP contribution in [0.3, 0.4) is 0 Å². The third kappa shape index (κ3) is 5.43. The van der Waals surface area contributed by atoms with E-state index in [0.29, 0.717) is 32.2 Å². The highest BCUT2D eigenvalue weighted by molar-refractivity contribution is 5.79. The van der Waals surface area contributed by atoms with Crippen LogP contribution in [0.5, 0.6) is 0 Å². The molecule has 0 saturated heterocycles. The minimum atomic E-state index is -0.735. The molecule has 142 valence electrons. The maximum absolute atomic E-state index is 12.6. The third-order valence-electron chi connectivity index (χ3n) is 5.57. The van der Waals surface area contributed by atoms with Crippen LogP contribution >= 0.6 is 0 Å². The predicted octanol–water partition coefficient (Wildman–Crippen LogP) is 4.02. The Kier molecular flexibility index (Phi) is 6.64. The van der Waals surface area contributed by atoms with E-state index in [-0.39, 0.29) is 23.7 Å². The molecule has 1 saturated carbocycles. The quantitative estimate of drug-likeness (QED) is 0.779. The van der Waals surface area contributed by atoms with Gasteiger partial charge in [0.25, 0.3) is 0 Å². The maximum atomic E-state index is 12.6. The average Bonchev–Trinajstić information content (AvgIpc) is 2.72. The van der Waals surface area contributed by atoms with Gasteiger partial charge in [-0.3, -0.25) is 9.59 Å². The van der Waals surface area contributed by atoms with E-state index >= 15 is 0 Å². The Morgan fingerprint density at radius 2 is 1.44 bits per heavy atom. The van der Waals surface area contributed by atoms with E-state index in [1.165, 1.54) is 11.1 Å². The molecule has 1 unspecified atom stereocenters. The highest BCUT2D eigenvalue weighted by Gasteiger charge is 2.29. The van der Waals surface area contributed by atoms with E-state index in [9.17, 15) is 9.59 Å². The van der Waals surface area contributed by atoms with Gasteiger partial charge in [-0.25, -0.2) is 0 Å². The molecule has 2 aromatic rings. The van der Waals surface area contributed by atoms with Crippen LogP contribution in [0.4, 0.5) is 0 Å². The molecule has 1 fully saturated rings. The topological polar surface area (TPSA) is 66.4 Å². The monoisotopic (exact) mass is 365 g/mol. The first-order valence-corrected chi connectivity index (χ1v) is 9.73. The zero-order valence-electron chi connectivity index (χ0n) is 15.5. The van der Waals surface area contributed by atoms with Gasteiger partial charge in [0.15, 0.2) is 0 Å². The summed E-state index contributed by atoms with van der Waals surface area (Å²) in [5.74, 6) is -0.806. The van der Waals surface area contributed by atoms with Crippen molar-refractivity contribution < 1.29 is 14.7 Å². The van der Waals surface area contributed by atoms with Gasteiger partial charge in [0, 0.05) is 18.4 Å². The van der Waals surface area contributed by atoms with Crippen LogP contribution in [0.15, 0.2) is 60.7 Å². The SMILES string of the molecule is O=C(O)C1CCC(C(=O)NCC(Cc2ccccc2)c2ccccc2)CC1. The molecule has 2 N–H and O–H groups in total. The summed E-state index contributed by atoms with van der Waals surface area (Å²) < 4.78 is 0. The van der Waals surface area contributed by atoms with Gasteiger partial charge in [-0.15, -0.1) is 0 Å². The van der Waals surface area contributed by atoms with Crippen LogP contribution in [0.1, 0.15) is 42.7 Å². The molecule has 4 heteroatoms. The zero-order valence-corrected chi connectivity index (χ0v) is 15.5. The fourth-order valence-corrected chi connectivity index (χ4v) is 3.90. The molecule has 0 bridgehead atoms. The predicted molar refractivity (Wildman–Crippen MR) is 105 cm³/mol. The number of carbonyl (C=O) groups excluding carboxylic acids is 1. The van der Waals surface area contributed by atoms with Crippen molar-refractivity contribution in [1.82, 2.24) is 5.32 Å². The van der Waals surface area contributed by atoms with Gasteiger partial charge >= 0.3 is 5.97 Å². The van der Waals surface area contributed by atoms with Gasteiger partial charge in [-0.1, -0.05) is 60.7 Å². The first-order valence-electron chi connectivity index (χ1n) is 9.73. The fourth-order valence-electron chi connectivity index (χ4n) is 3.90. The number of aliphatic carboxylic acids is 1. The number of rotatable bonds is 7. The molecule has 2 aromatic carbocycles. The first-order chi connectivity index (χ1) is 13.1. The minimum absolute atomic E-state index is 0.0613. The minimum Gasteiger partial charge on any atom is -0.481 e. The molecule has 1 atom stereocenters. The molecule has 0 spiro atoms. The van der Waals surface area contributed by atoms with Gasteiger partial charge in [0.1, 0.15) is 0 Å². The molecule has 4 nitrogen and oxygen atoms in total. The number of hydrogen-bond donors (Lipinski definition) is 2. The Bertz CT molecular complexity index is 737. The second-order valence-corrected chi connectivity index (χ2v) is 7.43. The molecule has 0 heterocycles. The normalized spacial score (nSPS) is 20.6. The lowest BCUT2D eigenvalue weighted by Gasteiger charge is -2.26. The van der Waals surface area contributed by atoms with E-state index in [0.717, 1.165) is 6.42 Å². The van der Waals surface area contributed by atoms with Crippen LogP contribution in [0, 0.1) is 11.8 Å². The van der Waals surface area contributed by atoms with Gasteiger partial charge < -0.3 is 10.4 Å². The molecule has 1 amide bonds. The Hall–Kier alpha value is -2.62. The molecular formula is C23H27NO3. The van der Waals surface area contributed by atoms with Crippen LogP contribution in [-0.2, 0) is 16.0 Å². The second-order valence-electron chi connectivity index (χ2n) is 7.43. The van der Waals surface area contributed by atoms with Gasteiger partial charge in [0.05, 0.1) is 5.92 Å². The van der Waals surface area contributed by atoms with Crippen LogP contribution in [-0.4, -0.2) is 23.5 Å². The van der Waals surface area contributed by atoms with Crippen molar-refractivity contribution in [3.8, 4) is 0 Å². The molecule has 3 rings (SSSR count). The van der Waals surface area contributed by atoms with Crippen LogP contribution in [0.2, 0.25) is 0 Å². The Morgan fingerprint density at radius 3 is 2.04 bits per heavy atom. The van der Waals surface area contributed by atoms with Crippen molar-refractivity contribution in [3.05, 3.63) is 71.8 Å². The van der Waals surface area contributed by atoms with Gasteiger partial charge in [-0.05, 0) is 43.2 Å². The largest absolute Gasteiger partial charge is 0.481 e. The van der Waals surface area contributed by atoms with E-state index in [1.54, 1.807) is 0 Å². The molecule has 0 aliphatic heterocycles. The van der Waals surface area contributed by atoms with Gasteiger partial charge in [0.2, 0.25) is 5.91 Å². The molecule has 27 heavy (non-hydrogen) atoms. The Morgan fingerprint density at radius 1 is 0.889 bits per heavy atom. The molecule has 1 aliphatic rings. The number of amides is 1. The van der Waals surface area contributed by atoms with Crippen molar-refractivity contribution in [2.45, 2.75) is 38.0 Å². The average molecular weight is 365 g/mol. The maximum Gasteiger partial charge on any atom is 0.306 e. The summed E-state index contributed by atoms with van der Waals surface area (Å²) in [6, 6.07) is 20.6. The number of benzene rings is 2. The number of carboxylic acid groups (broad SMARTS) is 1. The number of nitrogens with one attached hydrogen (secondary N) is 1. The Labute approximate surface area is 160 Å². The standard InChI is InChI=1S/C23H27NO3/c25-22(19-11-13-20(14-12-19)23(26)27)24-16-21(18-9-5-2-6-10-18)15-17-7-3-1-4-8-17/h1-10,19-21H,11-16H2,(H,24,25)(H,26,27). The molecule has 0 aromatic heterocycles. The summed E-state index contributed by atoms with van der Waals surface area (Å²) in [4.78, 5) is 23.7. The number of carbonyl (C=O) groups is 2. The van der Waals surface area contributed by atoms with E-state index in [2.05, 4.69) is 29.6 Å². The number of carboxylic acids is 1. The summed E-state index contributed by atoms with van der Waals surface area (Å²) in [6.07, 6.45) is 3.39. The highest BCUT2D eigenvalue weighted by Crippen LogP contribution is 2.29. The summed E-state index contributed by atoms with van der Waals surface area (Å²) in [7, 11) is 0. The van der Waals surface area contributed by atoms with Crippen molar-refractivity contribution in [2.24, 2.45) is 11.8 Å². The van der Waals surface area contributed by atoms with Crippen molar-refractivity contribution >= 4 is 11.9 Å². The Balaban J connectivity index is 1.59. The summed E-state index contributed by atoms with van der Waals surface area (Å²) in [6.45, 7) is 0.594. The summed E-state index contributed by atoms with van der Waals surface area (Å²) >= 11 is 0. The molecule has 1 aliphatic carbocycles. The van der Waals surface area contributed by atoms with Crippen molar-refractivity contribution in [2.75, 3.05) is 6.54 Å². The fraction of sp³-hybridized carbons (Fsp3) is 0.391. The zero-order chi connectivity index (χ0) is 19.1. The van der Waals surface area contributed by atoms with Crippen LogP contribution < -0.4 is 5.32 Å². The summed E-state index contributed by atoms with van der Waals surface area (Å²) in [5.41, 5.74) is 2.47. The van der Waals surface area contributed by atoms with E-state index in [1.807, 2.05) is 36.4 Å². The lowest BCUT2D eigenvalue weighted by atomic mass is 9.81. The first kappa shape index (κ1) is 19.2. The van der Waals surface area contributed by atoms with E-state index in [4.69, 9.17) is 5.11 Å². The van der Waals surface area contributed by atoms with Crippen LogP contribution in [0.25, 0.3) is 0 Å². The number of hydrogen-bond acceptors (Lipinski definition) is 2. The summed E-state index contributed by atoms with van der Waals surface area (Å²) in [5, 5.41) is 12.2. The lowest BCUT2D eigenvalue weighted by Crippen LogP contribution is -2.36. The second kappa shape index (κ2) is 9.36. The lowest BCUT2D eigenvalue weighted by molar-refractivity contribution is -0.144. The van der Waals surface area contributed by atoms with E-state index < -0.39 is 5.97 Å². The van der Waals surface area contributed by atoms with Gasteiger partial charge in [-0.2, -0.15) is 0 Å². The highest BCUT2D eigenvalue weighted by atomic mass is 16.4. The van der Waals surface area contributed by atoms with Crippen molar-refractivity contribution in [3.63, 3.8) is 0 Å². The molecular weight excluding hydrogens is 338 g/mol.